The molecular weight excluding hydrogens is 253 g/mol. The van der Waals surface area contributed by atoms with Crippen molar-refractivity contribution >= 4 is 17.9 Å². The number of hydrogen-bond acceptors (Lipinski definition) is 4. The van der Waals surface area contributed by atoms with Crippen molar-refractivity contribution in [1.29, 1.82) is 0 Å². The third kappa shape index (κ3) is 2.44. The first-order chi connectivity index (χ1) is 9.17. The Bertz CT molecular complexity index is 624. The maximum absolute atomic E-state index is 13.7. The minimum atomic E-state index is -0.723. The molecule has 1 amide bonds. The quantitative estimate of drug-likeness (QED) is 0.821. The maximum Gasteiger partial charge on any atom is 0.262 e. The largest absolute Gasteiger partial charge is 0.496 e. The van der Waals surface area contributed by atoms with Crippen molar-refractivity contribution in [3.63, 3.8) is 0 Å². The second-order valence-corrected chi connectivity index (χ2v) is 3.59. The molecule has 0 spiro atoms. The Morgan fingerprint density at radius 2 is 2.32 bits per heavy atom. The molecule has 1 aromatic heterocycles. The van der Waals surface area contributed by atoms with Crippen molar-refractivity contribution < 1.29 is 18.7 Å². The first-order valence-corrected chi connectivity index (χ1v) is 5.29. The molecule has 6 nitrogen and oxygen atoms in total. The van der Waals surface area contributed by atoms with Crippen LogP contribution in [0.4, 0.5) is 10.1 Å². The van der Waals surface area contributed by atoms with Crippen LogP contribution in [0.5, 0.6) is 5.75 Å². The van der Waals surface area contributed by atoms with E-state index in [9.17, 15) is 14.0 Å². The summed E-state index contributed by atoms with van der Waals surface area (Å²) in [4.78, 5) is 22.7. The molecule has 7 heteroatoms. The van der Waals surface area contributed by atoms with Gasteiger partial charge in [0.15, 0.2) is 6.29 Å². The lowest BCUT2D eigenvalue weighted by Crippen LogP contribution is -2.15. The van der Waals surface area contributed by atoms with Gasteiger partial charge in [0.2, 0.25) is 0 Å². The standard InChI is InChI=1S/C12H10FN3O3/c1-19-10-4-2-3-7(13)11(10)12(18)15-8-5-14-16-9(8)6-17/h2-6H,1H3,(H,14,16)(H,15,18). The average molecular weight is 263 g/mol. The molecule has 19 heavy (non-hydrogen) atoms. The highest BCUT2D eigenvalue weighted by Crippen LogP contribution is 2.22. The molecule has 0 unspecified atom stereocenters. The molecular formula is C12H10FN3O3. The van der Waals surface area contributed by atoms with E-state index in [0.29, 0.717) is 6.29 Å². The predicted molar refractivity (Wildman–Crippen MR) is 64.9 cm³/mol. The summed E-state index contributed by atoms with van der Waals surface area (Å²) in [6, 6.07) is 4.04. The van der Waals surface area contributed by atoms with E-state index in [1.165, 1.54) is 25.4 Å². The predicted octanol–water partition coefficient (Wildman–Crippen LogP) is 1.62. The molecule has 0 radical (unpaired) electrons. The van der Waals surface area contributed by atoms with Gasteiger partial charge in [0.05, 0.1) is 19.0 Å². The number of nitrogens with one attached hydrogen (secondary N) is 2. The maximum atomic E-state index is 13.7. The fourth-order valence-electron chi connectivity index (χ4n) is 1.57. The summed E-state index contributed by atoms with van der Waals surface area (Å²) in [6.07, 6.45) is 1.76. The van der Waals surface area contributed by atoms with Gasteiger partial charge < -0.3 is 10.1 Å². The molecule has 0 bridgehead atoms. The van der Waals surface area contributed by atoms with Crippen LogP contribution < -0.4 is 10.1 Å². The normalized spacial score (nSPS) is 10.0. The number of ether oxygens (including phenoxy) is 1. The molecule has 1 heterocycles. The summed E-state index contributed by atoms with van der Waals surface area (Å²) in [6.45, 7) is 0. The Kier molecular flexibility index (Phi) is 3.56. The van der Waals surface area contributed by atoms with Crippen molar-refractivity contribution in [3.8, 4) is 5.75 Å². The molecule has 0 aliphatic heterocycles. The molecule has 0 atom stereocenters. The van der Waals surface area contributed by atoms with Crippen LogP contribution in [0.15, 0.2) is 24.4 Å². The van der Waals surface area contributed by atoms with Gasteiger partial charge >= 0.3 is 0 Å². The number of methoxy groups -OCH3 is 1. The van der Waals surface area contributed by atoms with Crippen LogP contribution >= 0.6 is 0 Å². The summed E-state index contributed by atoms with van der Waals surface area (Å²) in [5.74, 6) is -1.33. The van der Waals surface area contributed by atoms with Gasteiger partial charge in [0, 0.05) is 0 Å². The summed E-state index contributed by atoms with van der Waals surface area (Å²) in [5, 5.41) is 8.40. The van der Waals surface area contributed by atoms with Gasteiger partial charge in [-0.05, 0) is 12.1 Å². The van der Waals surface area contributed by atoms with Gasteiger partial charge in [-0.15, -0.1) is 0 Å². The zero-order valence-electron chi connectivity index (χ0n) is 9.94. The zero-order valence-corrected chi connectivity index (χ0v) is 9.94. The average Bonchev–Trinajstić information content (AvgIpc) is 2.85. The molecule has 2 aromatic rings. The Labute approximate surface area is 107 Å². The molecule has 1 aromatic carbocycles. The highest BCUT2D eigenvalue weighted by atomic mass is 19.1. The topological polar surface area (TPSA) is 84.1 Å². The number of carbonyl (C=O) groups is 2. The van der Waals surface area contributed by atoms with E-state index in [1.807, 2.05) is 0 Å². The smallest absolute Gasteiger partial charge is 0.262 e. The molecule has 2 N–H and O–H groups in total. The second-order valence-electron chi connectivity index (χ2n) is 3.59. The highest BCUT2D eigenvalue weighted by Gasteiger charge is 2.19. The summed E-state index contributed by atoms with van der Waals surface area (Å²) in [7, 11) is 1.33. The highest BCUT2D eigenvalue weighted by molar-refractivity contribution is 6.07. The van der Waals surface area contributed by atoms with Gasteiger partial charge in [0.1, 0.15) is 22.8 Å². The first kappa shape index (κ1) is 12.7. The zero-order chi connectivity index (χ0) is 13.8. The third-order valence-electron chi connectivity index (χ3n) is 2.46. The number of anilines is 1. The lowest BCUT2D eigenvalue weighted by molar-refractivity contribution is 0.102. The van der Waals surface area contributed by atoms with Crippen LogP contribution in [0.1, 0.15) is 20.8 Å². The number of aromatic amines is 1. The summed E-state index contributed by atoms with van der Waals surface area (Å²) < 4.78 is 18.6. The Hall–Kier alpha value is -2.70. The lowest BCUT2D eigenvalue weighted by Gasteiger charge is -2.09. The number of rotatable bonds is 4. The van der Waals surface area contributed by atoms with E-state index >= 15 is 0 Å². The van der Waals surface area contributed by atoms with Gasteiger partial charge in [0.25, 0.3) is 5.91 Å². The number of benzene rings is 1. The lowest BCUT2D eigenvalue weighted by atomic mass is 10.1. The van der Waals surface area contributed by atoms with Gasteiger partial charge in [-0.3, -0.25) is 14.7 Å². The van der Waals surface area contributed by atoms with Crippen LogP contribution in [0.25, 0.3) is 0 Å². The Morgan fingerprint density at radius 3 is 3.00 bits per heavy atom. The van der Waals surface area contributed by atoms with Crippen molar-refractivity contribution in [2.24, 2.45) is 0 Å². The van der Waals surface area contributed by atoms with Crippen molar-refractivity contribution in [1.82, 2.24) is 10.2 Å². The molecule has 0 fully saturated rings. The number of H-pyrrole nitrogens is 1. The number of aldehydes is 1. The molecule has 0 saturated carbocycles. The number of halogens is 1. The SMILES string of the molecule is COc1cccc(F)c1C(=O)Nc1cn[nH]c1C=O. The number of amides is 1. The van der Waals surface area contributed by atoms with E-state index in [1.54, 1.807) is 0 Å². The van der Waals surface area contributed by atoms with E-state index in [4.69, 9.17) is 4.74 Å². The van der Waals surface area contributed by atoms with Gasteiger partial charge in [-0.2, -0.15) is 5.10 Å². The van der Waals surface area contributed by atoms with Crippen LogP contribution in [-0.4, -0.2) is 29.5 Å². The van der Waals surface area contributed by atoms with Crippen molar-refractivity contribution in [2.75, 3.05) is 12.4 Å². The van der Waals surface area contributed by atoms with E-state index in [-0.39, 0.29) is 22.7 Å². The molecule has 2 rings (SSSR count). The third-order valence-corrected chi connectivity index (χ3v) is 2.46. The fourth-order valence-corrected chi connectivity index (χ4v) is 1.57. The number of hydrogen-bond donors (Lipinski definition) is 2. The van der Waals surface area contributed by atoms with Crippen LogP contribution in [0.3, 0.4) is 0 Å². The second kappa shape index (κ2) is 5.30. The summed E-state index contributed by atoms with van der Waals surface area (Å²) >= 11 is 0. The first-order valence-electron chi connectivity index (χ1n) is 5.29. The van der Waals surface area contributed by atoms with Gasteiger partial charge in [-0.1, -0.05) is 6.07 Å². The molecule has 0 aliphatic carbocycles. The van der Waals surface area contributed by atoms with Crippen molar-refractivity contribution in [2.45, 2.75) is 0 Å². The van der Waals surface area contributed by atoms with E-state index < -0.39 is 11.7 Å². The molecule has 0 aliphatic rings. The van der Waals surface area contributed by atoms with Gasteiger partial charge in [-0.25, -0.2) is 4.39 Å². The Balaban J connectivity index is 2.33. The van der Waals surface area contributed by atoms with Crippen molar-refractivity contribution in [3.05, 3.63) is 41.5 Å². The number of nitrogens with zero attached hydrogens (tertiary/aromatic N) is 1. The fraction of sp³-hybridized carbons (Fsp3) is 0.0833. The molecule has 0 saturated heterocycles. The number of aromatic nitrogens is 2. The number of carbonyl (C=O) groups excluding carboxylic acids is 2. The van der Waals surface area contributed by atoms with E-state index in [0.717, 1.165) is 6.07 Å². The van der Waals surface area contributed by atoms with E-state index in [2.05, 4.69) is 15.5 Å². The summed E-state index contributed by atoms with van der Waals surface area (Å²) in [5.41, 5.74) is 0.0389. The monoisotopic (exact) mass is 263 g/mol. The van der Waals surface area contributed by atoms with Crippen LogP contribution in [0.2, 0.25) is 0 Å². The molecule has 98 valence electrons. The van der Waals surface area contributed by atoms with Crippen LogP contribution in [0, 0.1) is 5.82 Å². The minimum absolute atomic E-state index is 0.101. The minimum Gasteiger partial charge on any atom is -0.496 e. The Morgan fingerprint density at radius 1 is 1.53 bits per heavy atom. The van der Waals surface area contributed by atoms with Crippen LogP contribution in [-0.2, 0) is 0 Å².